The molecule has 2 N–H and O–H groups in total. The van der Waals surface area contributed by atoms with Gasteiger partial charge in [-0.15, -0.1) is 6.58 Å². The van der Waals surface area contributed by atoms with Crippen molar-refractivity contribution >= 4 is 11.6 Å². The van der Waals surface area contributed by atoms with Gasteiger partial charge in [-0.2, -0.15) is 5.10 Å². The summed E-state index contributed by atoms with van der Waals surface area (Å²) in [7, 11) is 1.76. The van der Waals surface area contributed by atoms with Crippen molar-refractivity contribution in [3.8, 4) is 0 Å². The largest absolute Gasteiger partial charge is 0.396 e. The zero-order chi connectivity index (χ0) is 13.1. The summed E-state index contributed by atoms with van der Waals surface area (Å²) in [6.07, 6.45) is 7.91. The number of amides is 1. The van der Waals surface area contributed by atoms with E-state index < -0.39 is 0 Å². The highest BCUT2D eigenvalue weighted by molar-refractivity contribution is 5.97. The van der Waals surface area contributed by atoms with Crippen LogP contribution in [0.25, 0.3) is 0 Å². The maximum absolute atomic E-state index is 12.5. The number of nitrogens with zero attached hydrogens (tertiary/aromatic N) is 3. The number of nitrogens with two attached hydrogens (primary N) is 1. The van der Waals surface area contributed by atoms with E-state index in [1.165, 1.54) is 12.8 Å². The molecule has 1 aromatic rings. The first-order valence-electron chi connectivity index (χ1n) is 6.34. The van der Waals surface area contributed by atoms with Crippen molar-refractivity contribution in [2.75, 3.05) is 12.3 Å². The number of aryl methyl sites for hydroxylation is 1. The highest BCUT2D eigenvalue weighted by atomic mass is 16.2. The van der Waals surface area contributed by atoms with Crippen molar-refractivity contribution < 1.29 is 4.79 Å². The molecular formula is C13H20N4O. The molecule has 1 heterocycles. The number of carbonyl (C=O) groups excluding carboxylic acids is 1. The van der Waals surface area contributed by atoms with Crippen molar-refractivity contribution in [2.24, 2.45) is 7.05 Å². The van der Waals surface area contributed by atoms with Crippen LogP contribution in [0.5, 0.6) is 0 Å². The van der Waals surface area contributed by atoms with Crippen LogP contribution in [0.15, 0.2) is 18.9 Å². The van der Waals surface area contributed by atoms with E-state index in [1.807, 2.05) is 4.90 Å². The molecule has 0 spiro atoms. The lowest BCUT2D eigenvalue weighted by Gasteiger charge is -2.27. The third kappa shape index (κ3) is 2.39. The van der Waals surface area contributed by atoms with E-state index >= 15 is 0 Å². The molecule has 5 heteroatoms. The molecule has 0 aromatic carbocycles. The van der Waals surface area contributed by atoms with Gasteiger partial charge < -0.3 is 10.6 Å². The fourth-order valence-electron chi connectivity index (χ4n) is 2.56. The molecule has 0 saturated heterocycles. The van der Waals surface area contributed by atoms with E-state index in [-0.39, 0.29) is 5.91 Å². The van der Waals surface area contributed by atoms with Crippen LogP contribution in [0.1, 0.15) is 36.2 Å². The van der Waals surface area contributed by atoms with Crippen molar-refractivity contribution in [1.29, 1.82) is 0 Å². The molecule has 98 valence electrons. The number of hydrogen-bond donors (Lipinski definition) is 1. The Kier molecular flexibility index (Phi) is 3.69. The van der Waals surface area contributed by atoms with Crippen molar-refractivity contribution in [3.63, 3.8) is 0 Å². The van der Waals surface area contributed by atoms with Crippen molar-refractivity contribution in [1.82, 2.24) is 14.7 Å². The van der Waals surface area contributed by atoms with Crippen molar-refractivity contribution in [3.05, 3.63) is 24.5 Å². The first kappa shape index (κ1) is 12.7. The topological polar surface area (TPSA) is 64.2 Å². The maximum Gasteiger partial charge on any atom is 0.277 e. The second kappa shape index (κ2) is 5.25. The van der Waals surface area contributed by atoms with Crippen LogP contribution in [0.2, 0.25) is 0 Å². The molecule has 0 radical (unpaired) electrons. The fraction of sp³-hybridized carbons (Fsp3) is 0.538. The minimum atomic E-state index is -0.0834. The molecule has 1 aromatic heterocycles. The number of carbonyl (C=O) groups is 1. The highest BCUT2D eigenvalue weighted by Crippen LogP contribution is 2.25. The highest BCUT2D eigenvalue weighted by Gasteiger charge is 2.28. The average Bonchev–Trinajstić information content (AvgIpc) is 2.95. The molecule has 1 saturated carbocycles. The Bertz CT molecular complexity index is 446. The summed E-state index contributed by atoms with van der Waals surface area (Å²) in [5, 5.41) is 4.15. The Morgan fingerprint density at radius 3 is 2.83 bits per heavy atom. The van der Waals surface area contributed by atoms with Crippen LogP contribution in [0.3, 0.4) is 0 Å². The first-order chi connectivity index (χ1) is 8.63. The quantitative estimate of drug-likeness (QED) is 0.823. The van der Waals surface area contributed by atoms with Gasteiger partial charge in [-0.25, -0.2) is 0 Å². The fourth-order valence-corrected chi connectivity index (χ4v) is 2.56. The Hall–Kier alpha value is -1.78. The van der Waals surface area contributed by atoms with Gasteiger partial charge in [0.2, 0.25) is 0 Å². The number of aromatic nitrogens is 2. The molecule has 0 bridgehead atoms. The lowest BCUT2D eigenvalue weighted by atomic mass is 10.2. The van der Waals surface area contributed by atoms with Gasteiger partial charge in [0, 0.05) is 25.8 Å². The van der Waals surface area contributed by atoms with Crippen molar-refractivity contribution in [2.45, 2.75) is 31.7 Å². The summed E-state index contributed by atoms with van der Waals surface area (Å²) < 4.78 is 1.57. The van der Waals surface area contributed by atoms with Crippen LogP contribution in [-0.4, -0.2) is 33.2 Å². The minimum Gasteiger partial charge on any atom is -0.396 e. The standard InChI is InChI=1S/C13H20N4O/c1-3-8-17(10-6-4-5-7-10)13(18)12-11(14)9-16(2)15-12/h3,9-10H,1,4-8,14H2,2H3. The second-order valence-corrected chi connectivity index (χ2v) is 4.79. The van der Waals surface area contributed by atoms with Gasteiger partial charge in [-0.1, -0.05) is 18.9 Å². The number of anilines is 1. The van der Waals surface area contributed by atoms with Crippen LogP contribution >= 0.6 is 0 Å². The van der Waals surface area contributed by atoms with E-state index in [9.17, 15) is 4.79 Å². The Balaban J connectivity index is 2.22. The molecule has 2 rings (SSSR count). The van der Waals surface area contributed by atoms with Gasteiger partial charge in [0.05, 0.1) is 5.69 Å². The molecule has 0 aliphatic heterocycles. The van der Waals surface area contributed by atoms with Crippen LogP contribution in [0, 0.1) is 0 Å². The predicted molar refractivity (Wildman–Crippen MR) is 71.1 cm³/mol. The summed E-state index contributed by atoms with van der Waals surface area (Å²) in [6, 6.07) is 0.303. The third-order valence-corrected chi connectivity index (χ3v) is 3.41. The average molecular weight is 248 g/mol. The van der Waals surface area contributed by atoms with Gasteiger partial charge >= 0.3 is 0 Å². The van der Waals surface area contributed by atoms with E-state index in [1.54, 1.807) is 24.0 Å². The smallest absolute Gasteiger partial charge is 0.277 e. The van der Waals surface area contributed by atoms with E-state index in [0.717, 1.165) is 12.8 Å². The number of hydrogen-bond acceptors (Lipinski definition) is 3. The first-order valence-corrected chi connectivity index (χ1v) is 6.34. The molecule has 1 aliphatic carbocycles. The maximum atomic E-state index is 12.5. The van der Waals surface area contributed by atoms with Gasteiger partial charge in [-0.05, 0) is 12.8 Å². The molecule has 1 fully saturated rings. The third-order valence-electron chi connectivity index (χ3n) is 3.41. The van der Waals surface area contributed by atoms with Gasteiger partial charge in [0.1, 0.15) is 0 Å². The lowest BCUT2D eigenvalue weighted by Crippen LogP contribution is -2.39. The molecule has 1 aliphatic rings. The van der Waals surface area contributed by atoms with Gasteiger partial charge in [-0.3, -0.25) is 9.48 Å². The zero-order valence-electron chi connectivity index (χ0n) is 10.8. The van der Waals surface area contributed by atoms with Crippen LogP contribution in [0.4, 0.5) is 5.69 Å². The Morgan fingerprint density at radius 2 is 2.33 bits per heavy atom. The molecule has 0 unspecified atom stereocenters. The van der Waals surface area contributed by atoms with E-state index in [2.05, 4.69) is 11.7 Å². The Labute approximate surface area is 107 Å². The summed E-state index contributed by atoms with van der Waals surface area (Å²) in [5.74, 6) is -0.0834. The molecule has 5 nitrogen and oxygen atoms in total. The predicted octanol–water partition coefficient (Wildman–Crippen LogP) is 1.57. The number of rotatable bonds is 4. The van der Waals surface area contributed by atoms with Crippen LogP contribution in [-0.2, 0) is 7.05 Å². The van der Waals surface area contributed by atoms with Gasteiger partial charge in [0.15, 0.2) is 5.69 Å². The summed E-state index contributed by atoms with van der Waals surface area (Å²) in [6.45, 7) is 4.28. The minimum absolute atomic E-state index is 0.0834. The number of nitrogen functional groups attached to an aromatic ring is 1. The monoisotopic (exact) mass is 248 g/mol. The zero-order valence-corrected chi connectivity index (χ0v) is 10.8. The summed E-state index contributed by atoms with van der Waals surface area (Å²) >= 11 is 0. The van der Waals surface area contributed by atoms with Crippen LogP contribution < -0.4 is 5.73 Å². The SMILES string of the molecule is C=CCN(C(=O)c1nn(C)cc1N)C1CCCC1. The summed E-state index contributed by atoms with van der Waals surface area (Å²) in [5.41, 5.74) is 6.61. The Morgan fingerprint density at radius 1 is 1.67 bits per heavy atom. The molecule has 18 heavy (non-hydrogen) atoms. The summed E-state index contributed by atoms with van der Waals surface area (Å²) in [4.78, 5) is 14.3. The molecule has 1 amide bonds. The molecule has 0 atom stereocenters. The van der Waals surface area contributed by atoms with E-state index in [0.29, 0.717) is 24.0 Å². The molecular weight excluding hydrogens is 228 g/mol. The normalized spacial score (nSPS) is 15.8. The van der Waals surface area contributed by atoms with Gasteiger partial charge in [0.25, 0.3) is 5.91 Å². The lowest BCUT2D eigenvalue weighted by molar-refractivity contribution is 0.0700. The second-order valence-electron chi connectivity index (χ2n) is 4.79. The van der Waals surface area contributed by atoms with E-state index in [4.69, 9.17) is 5.73 Å².